The maximum Gasteiger partial charge on any atom is 0.131 e. The molecule has 1 N–H and O–H groups in total. The van der Waals surface area contributed by atoms with Gasteiger partial charge >= 0.3 is 0 Å². The largest absolute Gasteiger partial charge is 0.319 e. The second-order valence-electron chi connectivity index (χ2n) is 3.86. The van der Waals surface area contributed by atoms with Crippen LogP contribution >= 0.6 is 11.3 Å². The van der Waals surface area contributed by atoms with E-state index in [4.69, 9.17) is 0 Å². The molecular weight excluding hydrogens is 235 g/mol. The molecule has 0 saturated heterocycles. The molecule has 0 bridgehead atoms. The molecule has 0 fully saturated rings. The lowest BCUT2D eigenvalue weighted by Crippen LogP contribution is -2.09. The van der Waals surface area contributed by atoms with Crippen molar-refractivity contribution in [2.75, 3.05) is 13.6 Å². The third-order valence-electron chi connectivity index (χ3n) is 2.55. The van der Waals surface area contributed by atoms with E-state index >= 15 is 0 Å². The molecule has 0 spiro atoms. The van der Waals surface area contributed by atoms with Crippen LogP contribution in [0.5, 0.6) is 0 Å². The molecule has 0 unspecified atom stereocenters. The normalized spacial score (nSPS) is 10.8. The molecule has 0 amide bonds. The van der Waals surface area contributed by atoms with Crippen LogP contribution in [0.15, 0.2) is 24.3 Å². The van der Waals surface area contributed by atoms with E-state index in [9.17, 15) is 4.39 Å². The van der Waals surface area contributed by atoms with Crippen LogP contribution in [0, 0.1) is 12.7 Å². The summed E-state index contributed by atoms with van der Waals surface area (Å²) in [4.78, 5) is 5.42. The minimum absolute atomic E-state index is 0.181. The summed E-state index contributed by atoms with van der Waals surface area (Å²) in [6.07, 6.45) is 0.885. The molecule has 1 aromatic heterocycles. The fraction of sp³-hybridized carbons (Fsp3) is 0.308. The lowest BCUT2D eigenvalue weighted by atomic mass is 10.1. The smallest absolute Gasteiger partial charge is 0.131 e. The van der Waals surface area contributed by atoms with E-state index in [1.54, 1.807) is 23.5 Å². The van der Waals surface area contributed by atoms with Crippen molar-refractivity contribution in [2.24, 2.45) is 0 Å². The predicted octanol–water partition coefficient (Wildman–Crippen LogP) is 3.02. The minimum Gasteiger partial charge on any atom is -0.319 e. The van der Waals surface area contributed by atoms with Gasteiger partial charge in [-0.2, -0.15) is 0 Å². The second kappa shape index (κ2) is 5.38. The third kappa shape index (κ3) is 2.70. The van der Waals surface area contributed by atoms with E-state index in [1.807, 2.05) is 20.0 Å². The Morgan fingerprint density at radius 1 is 1.35 bits per heavy atom. The summed E-state index contributed by atoms with van der Waals surface area (Å²) >= 11 is 1.58. The Bertz CT molecular complexity index is 508. The van der Waals surface area contributed by atoms with Crippen molar-refractivity contribution in [3.63, 3.8) is 0 Å². The summed E-state index contributed by atoms with van der Waals surface area (Å²) in [5.41, 5.74) is 1.56. The first-order chi connectivity index (χ1) is 8.22. The Morgan fingerprint density at radius 2 is 2.12 bits per heavy atom. The molecule has 0 radical (unpaired) electrons. The second-order valence-corrected chi connectivity index (χ2v) is 4.94. The SMILES string of the molecule is CNCCc1nc(C)c(-c2ccccc2F)s1. The molecule has 4 heteroatoms. The molecule has 0 saturated carbocycles. The molecule has 1 aromatic carbocycles. The number of benzene rings is 1. The lowest BCUT2D eigenvalue weighted by molar-refractivity contribution is 0.631. The summed E-state index contributed by atoms with van der Waals surface area (Å²) < 4.78 is 13.7. The topological polar surface area (TPSA) is 24.9 Å². The van der Waals surface area contributed by atoms with Gasteiger partial charge in [-0.15, -0.1) is 11.3 Å². The average Bonchev–Trinajstić information content (AvgIpc) is 2.68. The number of hydrogen-bond acceptors (Lipinski definition) is 3. The third-order valence-corrected chi connectivity index (χ3v) is 3.80. The zero-order valence-electron chi connectivity index (χ0n) is 9.96. The number of nitrogens with one attached hydrogen (secondary N) is 1. The fourth-order valence-corrected chi connectivity index (χ4v) is 2.78. The quantitative estimate of drug-likeness (QED) is 0.902. The summed E-state index contributed by atoms with van der Waals surface area (Å²) in [6, 6.07) is 6.85. The first kappa shape index (κ1) is 12.2. The van der Waals surface area contributed by atoms with Crippen LogP contribution in [0.1, 0.15) is 10.7 Å². The predicted molar refractivity (Wildman–Crippen MR) is 69.9 cm³/mol. The molecule has 17 heavy (non-hydrogen) atoms. The van der Waals surface area contributed by atoms with Crippen LogP contribution in [-0.2, 0) is 6.42 Å². The van der Waals surface area contributed by atoms with Crippen LogP contribution < -0.4 is 5.32 Å². The van der Waals surface area contributed by atoms with Gasteiger partial charge in [0.25, 0.3) is 0 Å². The molecule has 1 heterocycles. The van der Waals surface area contributed by atoms with Crippen molar-refractivity contribution in [3.05, 3.63) is 40.8 Å². The first-order valence-corrected chi connectivity index (χ1v) is 6.40. The van der Waals surface area contributed by atoms with Gasteiger partial charge in [-0.25, -0.2) is 9.37 Å². The summed E-state index contributed by atoms with van der Waals surface area (Å²) in [5.74, 6) is -0.181. The average molecular weight is 250 g/mol. The zero-order chi connectivity index (χ0) is 12.3. The maximum absolute atomic E-state index is 13.7. The molecule has 2 aromatic rings. The number of aromatic nitrogens is 1. The van der Waals surface area contributed by atoms with Gasteiger partial charge < -0.3 is 5.32 Å². The standard InChI is InChI=1S/C13H15FN2S/c1-9-13(10-5-3-4-6-11(10)14)17-12(16-9)7-8-15-2/h3-6,15H,7-8H2,1-2H3. The van der Waals surface area contributed by atoms with E-state index in [1.165, 1.54) is 6.07 Å². The Morgan fingerprint density at radius 3 is 2.82 bits per heavy atom. The summed E-state index contributed by atoms with van der Waals surface area (Å²) in [5, 5.41) is 4.14. The van der Waals surface area contributed by atoms with Crippen molar-refractivity contribution in [3.8, 4) is 10.4 Å². The van der Waals surface area contributed by atoms with Crippen LogP contribution in [0.2, 0.25) is 0 Å². The monoisotopic (exact) mass is 250 g/mol. The van der Waals surface area contributed by atoms with Crippen LogP contribution in [0.4, 0.5) is 4.39 Å². The molecule has 0 aliphatic heterocycles. The van der Waals surface area contributed by atoms with E-state index in [0.29, 0.717) is 5.56 Å². The number of rotatable bonds is 4. The number of likely N-dealkylation sites (N-methyl/N-ethyl adjacent to an activating group) is 1. The molecule has 0 atom stereocenters. The van der Waals surface area contributed by atoms with E-state index in [0.717, 1.165) is 28.5 Å². The Balaban J connectivity index is 2.33. The molecular formula is C13H15FN2S. The summed E-state index contributed by atoms with van der Waals surface area (Å²) in [7, 11) is 1.91. The van der Waals surface area contributed by atoms with Crippen molar-refractivity contribution < 1.29 is 4.39 Å². The van der Waals surface area contributed by atoms with Crippen molar-refractivity contribution in [1.82, 2.24) is 10.3 Å². The first-order valence-electron chi connectivity index (χ1n) is 5.58. The molecule has 90 valence electrons. The highest BCUT2D eigenvalue weighted by atomic mass is 32.1. The van der Waals surface area contributed by atoms with Gasteiger partial charge in [0, 0.05) is 18.5 Å². The maximum atomic E-state index is 13.7. The highest BCUT2D eigenvalue weighted by Crippen LogP contribution is 2.31. The van der Waals surface area contributed by atoms with Gasteiger partial charge in [-0.05, 0) is 20.0 Å². The highest BCUT2D eigenvalue weighted by molar-refractivity contribution is 7.15. The summed E-state index contributed by atoms with van der Waals surface area (Å²) in [6.45, 7) is 2.82. The van der Waals surface area contributed by atoms with Crippen molar-refractivity contribution >= 4 is 11.3 Å². The Kier molecular flexibility index (Phi) is 3.86. The lowest BCUT2D eigenvalue weighted by Gasteiger charge is -1.99. The van der Waals surface area contributed by atoms with E-state index in [2.05, 4.69) is 10.3 Å². The van der Waals surface area contributed by atoms with Crippen LogP contribution in [-0.4, -0.2) is 18.6 Å². The van der Waals surface area contributed by atoms with Gasteiger partial charge in [0.2, 0.25) is 0 Å². The number of hydrogen-bond donors (Lipinski definition) is 1. The number of thiazole rings is 1. The molecule has 0 aliphatic carbocycles. The fourth-order valence-electron chi connectivity index (χ4n) is 1.69. The molecule has 2 rings (SSSR count). The Labute approximate surface area is 105 Å². The Hall–Kier alpha value is -1.26. The van der Waals surface area contributed by atoms with Gasteiger partial charge in [-0.3, -0.25) is 0 Å². The number of halogens is 1. The highest BCUT2D eigenvalue weighted by Gasteiger charge is 2.12. The zero-order valence-corrected chi connectivity index (χ0v) is 10.8. The molecule has 0 aliphatic rings. The van der Waals surface area contributed by atoms with Gasteiger partial charge in [-0.1, -0.05) is 18.2 Å². The minimum atomic E-state index is -0.181. The van der Waals surface area contributed by atoms with Crippen molar-refractivity contribution in [2.45, 2.75) is 13.3 Å². The van der Waals surface area contributed by atoms with Crippen LogP contribution in [0.25, 0.3) is 10.4 Å². The van der Waals surface area contributed by atoms with Crippen LogP contribution in [0.3, 0.4) is 0 Å². The number of aryl methyl sites for hydroxylation is 1. The molecule has 2 nitrogen and oxygen atoms in total. The number of nitrogens with zero attached hydrogens (tertiary/aromatic N) is 1. The van der Waals surface area contributed by atoms with Crippen molar-refractivity contribution in [1.29, 1.82) is 0 Å². The van der Waals surface area contributed by atoms with Gasteiger partial charge in [0.05, 0.1) is 15.6 Å². The van der Waals surface area contributed by atoms with Gasteiger partial charge in [0.1, 0.15) is 5.82 Å². The van der Waals surface area contributed by atoms with E-state index in [-0.39, 0.29) is 5.82 Å². The van der Waals surface area contributed by atoms with E-state index < -0.39 is 0 Å². The van der Waals surface area contributed by atoms with Gasteiger partial charge in [0.15, 0.2) is 0 Å².